The van der Waals surface area contributed by atoms with Crippen molar-refractivity contribution in [3.8, 4) is 0 Å². The number of amides is 1. The van der Waals surface area contributed by atoms with Gasteiger partial charge in [-0.3, -0.25) is 4.79 Å². The number of nitrogens with one attached hydrogen (secondary N) is 1. The highest BCUT2D eigenvalue weighted by Gasteiger charge is 2.37. The summed E-state index contributed by atoms with van der Waals surface area (Å²) in [5, 5.41) is 2.45. The van der Waals surface area contributed by atoms with Crippen LogP contribution in [0.2, 0.25) is 0 Å². The van der Waals surface area contributed by atoms with Gasteiger partial charge in [0, 0.05) is 10.6 Å². The van der Waals surface area contributed by atoms with Gasteiger partial charge in [-0.2, -0.15) is 22.0 Å². The Bertz CT molecular complexity index is 953. The topological polar surface area (TPSA) is 46.9 Å². The third-order valence-corrected chi connectivity index (χ3v) is 4.30. The molecule has 0 aliphatic carbocycles. The van der Waals surface area contributed by atoms with Crippen LogP contribution in [0.25, 0.3) is 11.0 Å². The monoisotopic (exact) mass is 401 g/mol. The number of thioether (sulfide) groups is 1. The zero-order chi connectivity index (χ0) is 19.6. The number of para-hydroxylation sites is 2. The molecular weight excluding hydrogens is 389 g/mol. The molecule has 10 heteroatoms. The van der Waals surface area contributed by atoms with Crippen molar-refractivity contribution in [3.05, 3.63) is 54.4 Å². The van der Waals surface area contributed by atoms with Crippen molar-refractivity contribution in [2.75, 3.05) is 5.32 Å². The van der Waals surface area contributed by atoms with Crippen molar-refractivity contribution in [2.45, 2.75) is 23.4 Å². The number of halogens is 5. The van der Waals surface area contributed by atoms with Crippen molar-refractivity contribution < 1.29 is 26.7 Å². The molecule has 2 aromatic carbocycles. The van der Waals surface area contributed by atoms with E-state index in [0.29, 0.717) is 16.7 Å². The number of alkyl halides is 5. The number of imidazole rings is 1. The number of rotatable bonds is 5. The number of aromatic nitrogens is 2. The van der Waals surface area contributed by atoms with Crippen molar-refractivity contribution >= 4 is 34.4 Å². The molecule has 1 aromatic heterocycles. The minimum atomic E-state index is -4.71. The lowest BCUT2D eigenvalue weighted by molar-refractivity contribution is -0.147. The fourth-order valence-electron chi connectivity index (χ4n) is 2.52. The van der Waals surface area contributed by atoms with E-state index in [2.05, 4.69) is 10.3 Å². The first kappa shape index (κ1) is 19.2. The highest BCUT2D eigenvalue weighted by Crippen LogP contribution is 2.31. The van der Waals surface area contributed by atoms with E-state index in [0.717, 1.165) is 4.57 Å². The quantitative estimate of drug-likeness (QED) is 0.483. The number of benzene rings is 2. The third-order valence-electron chi connectivity index (χ3n) is 3.57. The number of hydrogen-bond acceptors (Lipinski definition) is 3. The number of fused-ring (bicyclic) bond motifs is 1. The standard InChI is InChI=1S/C17H12F5N3OS/c18-16(19)27-11-7-5-10(6-8-11)23-14(26)9-25-13-4-2-1-3-12(13)24-15(25)17(20,21)22/h1-8,16H,9H2,(H,23,26). The normalized spacial score (nSPS) is 11.9. The van der Waals surface area contributed by atoms with Gasteiger partial charge in [-0.1, -0.05) is 23.9 Å². The summed E-state index contributed by atoms with van der Waals surface area (Å²) in [6.45, 7) is -0.594. The van der Waals surface area contributed by atoms with E-state index in [1.807, 2.05) is 0 Å². The van der Waals surface area contributed by atoms with E-state index >= 15 is 0 Å². The lowest BCUT2D eigenvalue weighted by Crippen LogP contribution is -2.23. The van der Waals surface area contributed by atoms with E-state index in [1.165, 1.54) is 36.4 Å². The summed E-state index contributed by atoms with van der Waals surface area (Å²) in [4.78, 5) is 16.1. The molecule has 1 heterocycles. The minimum absolute atomic E-state index is 0.131. The van der Waals surface area contributed by atoms with Crippen molar-refractivity contribution in [2.24, 2.45) is 0 Å². The molecule has 0 saturated heterocycles. The molecule has 3 rings (SSSR count). The van der Waals surface area contributed by atoms with Crippen molar-refractivity contribution in [1.29, 1.82) is 0 Å². The van der Waals surface area contributed by atoms with Gasteiger partial charge in [-0.05, 0) is 36.4 Å². The summed E-state index contributed by atoms with van der Waals surface area (Å²) < 4.78 is 65.1. The van der Waals surface area contributed by atoms with Crippen LogP contribution in [-0.4, -0.2) is 21.2 Å². The molecule has 0 aliphatic rings. The van der Waals surface area contributed by atoms with Gasteiger partial charge in [0.05, 0.1) is 11.0 Å². The molecule has 0 atom stereocenters. The fourth-order valence-corrected chi connectivity index (χ4v) is 3.01. The van der Waals surface area contributed by atoms with Crippen LogP contribution in [0.15, 0.2) is 53.4 Å². The zero-order valence-electron chi connectivity index (χ0n) is 13.5. The summed E-state index contributed by atoms with van der Waals surface area (Å²) >= 11 is 0.352. The Kier molecular flexibility index (Phi) is 5.36. The Morgan fingerprint density at radius 1 is 1.11 bits per heavy atom. The molecule has 0 saturated carbocycles. The molecule has 0 fully saturated rings. The SMILES string of the molecule is O=C(Cn1c(C(F)(F)F)nc2ccccc21)Nc1ccc(SC(F)F)cc1. The van der Waals surface area contributed by atoms with Crippen molar-refractivity contribution in [1.82, 2.24) is 9.55 Å². The van der Waals surface area contributed by atoms with Crippen LogP contribution in [0.5, 0.6) is 0 Å². The third kappa shape index (κ3) is 4.57. The van der Waals surface area contributed by atoms with Crippen LogP contribution in [0.4, 0.5) is 27.6 Å². The smallest absolute Gasteiger partial charge is 0.325 e. The van der Waals surface area contributed by atoms with Crippen LogP contribution in [0, 0.1) is 0 Å². The molecular formula is C17H12F5N3OS. The Morgan fingerprint density at radius 3 is 2.41 bits per heavy atom. The number of nitrogens with zero attached hydrogens (tertiary/aromatic N) is 2. The van der Waals surface area contributed by atoms with E-state index in [-0.39, 0.29) is 16.7 Å². The van der Waals surface area contributed by atoms with Crippen LogP contribution in [0.1, 0.15) is 5.82 Å². The summed E-state index contributed by atoms with van der Waals surface area (Å²) in [5.41, 5.74) is 0.603. The molecule has 0 unspecified atom stereocenters. The van der Waals surface area contributed by atoms with Gasteiger partial charge in [0.15, 0.2) is 0 Å². The lowest BCUT2D eigenvalue weighted by Gasteiger charge is -2.12. The Morgan fingerprint density at radius 2 is 1.78 bits per heavy atom. The van der Waals surface area contributed by atoms with E-state index < -0.39 is 30.2 Å². The molecule has 0 aliphatic heterocycles. The largest absolute Gasteiger partial charge is 0.449 e. The van der Waals surface area contributed by atoms with Crippen molar-refractivity contribution in [3.63, 3.8) is 0 Å². The second-order valence-corrected chi connectivity index (χ2v) is 6.52. The van der Waals surface area contributed by atoms with E-state index in [4.69, 9.17) is 0 Å². The molecule has 27 heavy (non-hydrogen) atoms. The fraction of sp³-hybridized carbons (Fsp3) is 0.176. The first-order valence-electron chi connectivity index (χ1n) is 7.61. The maximum atomic E-state index is 13.2. The predicted molar refractivity (Wildman–Crippen MR) is 91.7 cm³/mol. The average molecular weight is 401 g/mol. The molecule has 1 amide bonds. The molecule has 1 N–H and O–H groups in total. The summed E-state index contributed by atoms with van der Waals surface area (Å²) in [6, 6.07) is 11.6. The molecule has 142 valence electrons. The number of anilines is 1. The highest BCUT2D eigenvalue weighted by atomic mass is 32.2. The van der Waals surface area contributed by atoms with Gasteiger partial charge in [-0.15, -0.1) is 0 Å². The van der Waals surface area contributed by atoms with Crippen LogP contribution in [-0.2, 0) is 17.5 Å². The lowest BCUT2D eigenvalue weighted by atomic mass is 10.3. The molecule has 3 aromatic rings. The van der Waals surface area contributed by atoms with E-state index in [1.54, 1.807) is 12.1 Å². The summed E-state index contributed by atoms with van der Waals surface area (Å²) in [5.74, 6) is -4.43. The minimum Gasteiger partial charge on any atom is -0.325 e. The molecule has 0 bridgehead atoms. The second-order valence-electron chi connectivity index (χ2n) is 5.46. The average Bonchev–Trinajstić information content (AvgIpc) is 2.95. The number of carbonyl (C=O) groups excluding carboxylic acids is 1. The first-order chi connectivity index (χ1) is 12.7. The van der Waals surface area contributed by atoms with Gasteiger partial charge in [0.25, 0.3) is 5.76 Å². The number of carbonyl (C=O) groups is 1. The Labute approximate surface area is 154 Å². The highest BCUT2D eigenvalue weighted by molar-refractivity contribution is 7.99. The Hall–Kier alpha value is -2.62. The first-order valence-corrected chi connectivity index (χ1v) is 8.49. The van der Waals surface area contributed by atoms with Crippen LogP contribution in [0.3, 0.4) is 0 Å². The maximum Gasteiger partial charge on any atom is 0.449 e. The molecule has 0 radical (unpaired) electrons. The summed E-state index contributed by atoms with van der Waals surface area (Å²) in [6.07, 6.45) is -4.71. The van der Waals surface area contributed by atoms with Gasteiger partial charge in [0.1, 0.15) is 6.54 Å². The van der Waals surface area contributed by atoms with E-state index in [9.17, 15) is 26.7 Å². The summed E-state index contributed by atoms with van der Waals surface area (Å²) in [7, 11) is 0. The van der Waals surface area contributed by atoms with Gasteiger partial charge in [-0.25, -0.2) is 4.98 Å². The molecule has 4 nitrogen and oxygen atoms in total. The van der Waals surface area contributed by atoms with Crippen LogP contribution >= 0.6 is 11.8 Å². The number of hydrogen-bond donors (Lipinski definition) is 1. The predicted octanol–water partition coefficient (Wildman–Crippen LogP) is 5.01. The van der Waals surface area contributed by atoms with Gasteiger partial charge >= 0.3 is 6.18 Å². The zero-order valence-corrected chi connectivity index (χ0v) is 14.3. The van der Waals surface area contributed by atoms with Crippen LogP contribution < -0.4 is 5.32 Å². The molecule has 0 spiro atoms. The Balaban J connectivity index is 1.80. The maximum absolute atomic E-state index is 13.2. The second kappa shape index (κ2) is 7.55. The van der Waals surface area contributed by atoms with Gasteiger partial charge in [0.2, 0.25) is 11.7 Å². The van der Waals surface area contributed by atoms with Gasteiger partial charge < -0.3 is 9.88 Å².